The van der Waals surface area contributed by atoms with Gasteiger partial charge in [-0.15, -0.1) is 0 Å². The summed E-state index contributed by atoms with van der Waals surface area (Å²) in [6.45, 7) is 4.81. The van der Waals surface area contributed by atoms with E-state index < -0.39 is 0 Å². The molecule has 2 heterocycles. The Labute approximate surface area is 131 Å². The van der Waals surface area contributed by atoms with Gasteiger partial charge in [-0.05, 0) is 25.0 Å². The summed E-state index contributed by atoms with van der Waals surface area (Å²) in [5.74, 6) is 1.17. The minimum Gasteiger partial charge on any atom is -0.484 e. The quantitative estimate of drug-likeness (QED) is 0.830. The molecule has 2 aliphatic rings. The van der Waals surface area contributed by atoms with E-state index in [1.807, 2.05) is 36.1 Å². The molecular formula is C17H23NO4. The van der Waals surface area contributed by atoms with Crippen molar-refractivity contribution in [2.75, 3.05) is 40.0 Å². The van der Waals surface area contributed by atoms with Crippen LogP contribution in [0.2, 0.25) is 0 Å². The summed E-state index contributed by atoms with van der Waals surface area (Å²) in [5.41, 5.74) is 0.851. The van der Waals surface area contributed by atoms with E-state index in [9.17, 15) is 4.79 Å². The lowest BCUT2D eigenvalue weighted by molar-refractivity contribution is -0.169. The summed E-state index contributed by atoms with van der Waals surface area (Å²) in [7, 11) is 1.71. The van der Waals surface area contributed by atoms with Crippen molar-refractivity contribution in [2.45, 2.75) is 18.9 Å². The number of nitrogens with zero attached hydrogens (tertiary/aromatic N) is 1. The number of ether oxygens (including phenoxy) is 3. The second-order valence-electron chi connectivity index (χ2n) is 6.16. The lowest BCUT2D eigenvalue weighted by atomic mass is 9.81. The molecule has 2 saturated heterocycles. The Bertz CT molecular complexity index is 539. The molecule has 5 nitrogen and oxygen atoms in total. The summed E-state index contributed by atoms with van der Waals surface area (Å²) in [5, 5.41) is 0. The van der Waals surface area contributed by atoms with Gasteiger partial charge in [-0.25, -0.2) is 0 Å². The van der Waals surface area contributed by atoms with Crippen LogP contribution in [0.5, 0.6) is 5.75 Å². The Morgan fingerprint density at radius 3 is 2.91 bits per heavy atom. The predicted molar refractivity (Wildman–Crippen MR) is 81.9 cm³/mol. The van der Waals surface area contributed by atoms with Crippen molar-refractivity contribution in [1.29, 1.82) is 0 Å². The van der Waals surface area contributed by atoms with Crippen molar-refractivity contribution in [3.63, 3.8) is 0 Å². The molecule has 1 amide bonds. The van der Waals surface area contributed by atoms with E-state index in [0.717, 1.165) is 24.3 Å². The van der Waals surface area contributed by atoms with Gasteiger partial charge in [-0.1, -0.05) is 18.2 Å². The molecule has 120 valence electrons. The van der Waals surface area contributed by atoms with Crippen molar-refractivity contribution < 1.29 is 19.0 Å². The molecule has 2 aliphatic heterocycles. The molecule has 1 aromatic rings. The van der Waals surface area contributed by atoms with E-state index in [1.54, 1.807) is 7.11 Å². The van der Waals surface area contributed by atoms with Crippen LogP contribution in [-0.4, -0.2) is 56.4 Å². The number of amides is 1. The normalized spacial score (nSPS) is 22.6. The average molecular weight is 305 g/mol. The summed E-state index contributed by atoms with van der Waals surface area (Å²) in [6.07, 6.45) is 1.01. The number of likely N-dealkylation sites (tertiary alicyclic amines) is 1. The van der Waals surface area contributed by atoms with Gasteiger partial charge in [0, 0.05) is 19.6 Å². The maximum Gasteiger partial charge on any atom is 0.260 e. The standard InChI is InChI=1S/C17H23NO4/c1-13-5-3-4-6-15(13)21-10-16(19)18-11-17(12-18)14(9-20-2)7-8-22-17/h3-6,14H,7-12H2,1-2H3. The van der Waals surface area contributed by atoms with Gasteiger partial charge in [0.05, 0.1) is 19.7 Å². The second-order valence-corrected chi connectivity index (χ2v) is 6.16. The third-order valence-corrected chi connectivity index (χ3v) is 4.68. The molecule has 0 aromatic heterocycles. The first kappa shape index (κ1) is 15.3. The summed E-state index contributed by atoms with van der Waals surface area (Å²) in [4.78, 5) is 14.0. The highest BCUT2D eigenvalue weighted by atomic mass is 16.5. The van der Waals surface area contributed by atoms with Gasteiger partial charge in [0.1, 0.15) is 11.4 Å². The Hall–Kier alpha value is -1.59. The zero-order valence-corrected chi connectivity index (χ0v) is 13.2. The molecule has 2 fully saturated rings. The van der Waals surface area contributed by atoms with Crippen molar-refractivity contribution in [2.24, 2.45) is 5.92 Å². The first-order chi connectivity index (χ1) is 10.6. The number of benzene rings is 1. The van der Waals surface area contributed by atoms with Crippen molar-refractivity contribution in [3.8, 4) is 5.75 Å². The number of carbonyl (C=O) groups is 1. The van der Waals surface area contributed by atoms with Gasteiger partial charge in [0.2, 0.25) is 0 Å². The molecular weight excluding hydrogens is 282 g/mol. The van der Waals surface area contributed by atoms with Crippen LogP contribution in [0.15, 0.2) is 24.3 Å². The highest BCUT2D eigenvalue weighted by molar-refractivity contribution is 5.79. The smallest absolute Gasteiger partial charge is 0.260 e. The molecule has 3 rings (SSSR count). The lowest BCUT2D eigenvalue weighted by Crippen LogP contribution is -2.67. The third kappa shape index (κ3) is 2.83. The molecule has 1 unspecified atom stereocenters. The molecule has 0 radical (unpaired) electrons. The Kier molecular flexibility index (Phi) is 4.36. The molecule has 0 bridgehead atoms. The Morgan fingerprint density at radius 2 is 2.18 bits per heavy atom. The van der Waals surface area contributed by atoms with E-state index >= 15 is 0 Å². The summed E-state index contributed by atoms with van der Waals surface area (Å²) >= 11 is 0. The zero-order chi connectivity index (χ0) is 15.6. The topological polar surface area (TPSA) is 48.0 Å². The van der Waals surface area contributed by atoms with E-state index in [1.165, 1.54) is 0 Å². The third-order valence-electron chi connectivity index (χ3n) is 4.68. The maximum absolute atomic E-state index is 12.2. The fraction of sp³-hybridized carbons (Fsp3) is 0.588. The number of rotatable bonds is 5. The van der Waals surface area contributed by atoms with E-state index in [-0.39, 0.29) is 18.1 Å². The van der Waals surface area contributed by atoms with Gasteiger partial charge in [-0.2, -0.15) is 0 Å². The van der Waals surface area contributed by atoms with Crippen LogP contribution in [0.25, 0.3) is 0 Å². The Balaban J connectivity index is 1.50. The molecule has 0 aliphatic carbocycles. The molecule has 1 aromatic carbocycles. The Morgan fingerprint density at radius 1 is 1.41 bits per heavy atom. The first-order valence-corrected chi connectivity index (χ1v) is 7.74. The molecule has 5 heteroatoms. The van der Waals surface area contributed by atoms with Crippen LogP contribution in [0.4, 0.5) is 0 Å². The number of para-hydroxylation sites is 1. The molecule has 0 N–H and O–H groups in total. The molecule has 22 heavy (non-hydrogen) atoms. The largest absolute Gasteiger partial charge is 0.484 e. The van der Waals surface area contributed by atoms with Crippen LogP contribution >= 0.6 is 0 Å². The van der Waals surface area contributed by atoms with Crippen LogP contribution in [-0.2, 0) is 14.3 Å². The molecule has 0 saturated carbocycles. The van der Waals surface area contributed by atoms with Crippen LogP contribution in [0.3, 0.4) is 0 Å². The van der Waals surface area contributed by atoms with E-state index in [4.69, 9.17) is 14.2 Å². The first-order valence-electron chi connectivity index (χ1n) is 7.74. The summed E-state index contributed by atoms with van der Waals surface area (Å²) < 4.78 is 16.8. The van der Waals surface area contributed by atoms with Gasteiger partial charge >= 0.3 is 0 Å². The zero-order valence-electron chi connectivity index (χ0n) is 13.2. The fourth-order valence-corrected chi connectivity index (χ4v) is 3.30. The minimum atomic E-state index is -0.186. The average Bonchev–Trinajstić information content (AvgIpc) is 2.89. The predicted octanol–water partition coefficient (Wildman–Crippen LogP) is 1.64. The monoisotopic (exact) mass is 305 g/mol. The van der Waals surface area contributed by atoms with Gasteiger partial charge in [0.15, 0.2) is 6.61 Å². The highest BCUT2D eigenvalue weighted by Gasteiger charge is 2.54. The number of aryl methyl sites for hydroxylation is 1. The van der Waals surface area contributed by atoms with Crippen molar-refractivity contribution in [1.82, 2.24) is 4.90 Å². The summed E-state index contributed by atoms with van der Waals surface area (Å²) in [6, 6.07) is 7.72. The van der Waals surface area contributed by atoms with Gasteiger partial charge in [0.25, 0.3) is 5.91 Å². The van der Waals surface area contributed by atoms with Crippen molar-refractivity contribution in [3.05, 3.63) is 29.8 Å². The van der Waals surface area contributed by atoms with Crippen LogP contribution in [0.1, 0.15) is 12.0 Å². The number of methoxy groups -OCH3 is 1. The second kappa shape index (κ2) is 6.26. The lowest BCUT2D eigenvalue weighted by Gasteiger charge is -2.50. The van der Waals surface area contributed by atoms with E-state index in [2.05, 4.69) is 0 Å². The van der Waals surface area contributed by atoms with Crippen LogP contribution in [0, 0.1) is 12.8 Å². The van der Waals surface area contributed by atoms with Crippen molar-refractivity contribution >= 4 is 5.91 Å². The van der Waals surface area contributed by atoms with Crippen LogP contribution < -0.4 is 4.74 Å². The highest BCUT2D eigenvalue weighted by Crippen LogP contribution is 2.40. The number of carbonyl (C=O) groups excluding carboxylic acids is 1. The van der Waals surface area contributed by atoms with Gasteiger partial charge in [-0.3, -0.25) is 4.79 Å². The number of hydrogen-bond donors (Lipinski definition) is 0. The minimum absolute atomic E-state index is 0.0144. The molecule has 1 atom stereocenters. The number of hydrogen-bond acceptors (Lipinski definition) is 4. The fourth-order valence-electron chi connectivity index (χ4n) is 3.30. The SMILES string of the molecule is COCC1CCOC12CN(C(=O)COc1ccccc1C)C2. The maximum atomic E-state index is 12.2. The van der Waals surface area contributed by atoms with E-state index in [0.29, 0.717) is 25.6 Å². The van der Waals surface area contributed by atoms with Gasteiger partial charge < -0.3 is 19.1 Å². The molecule has 1 spiro atoms.